The molecule has 1 amide bonds. The third kappa shape index (κ3) is 3.97. The molecule has 1 atom stereocenters. The van der Waals surface area contributed by atoms with Crippen molar-refractivity contribution in [3.05, 3.63) is 24.3 Å². The second kappa shape index (κ2) is 7.29. The summed E-state index contributed by atoms with van der Waals surface area (Å²) in [5, 5.41) is 0. The molecule has 2 N–H and O–H groups in total. The molecular weight excluding hydrogens is 252 g/mol. The molecule has 1 aliphatic rings. The van der Waals surface area contributed by atoms with Crippen molar-refractivity contribution in [2.45, 2.75) is 45.1 Å². The fourth-order valence-electron chi connectivity index (χ4n) is 2.59. The van der Waals surface area contributed by atoms with Gasteiger partial charge in [-0.1, -0.05) is 13.0 Å². The molecule has 1 aliphatic heterocycles. The SMILES string of the molecule is CCCN(C(=O)CC1CCCCO1)c1cccc(N)c1. The lowest BCUT2D eigenvalue weighted by molar-refractivity contribution is -0.122. The highest BCUT2D eigenvalue weighted by atomic mass is 16.5. The monoisotopic (exact) mass is 276 g/mol. The van der Waals surface area contributed by atoms with Gasteiger partial charge in [0.15, 0.2) is 0 Å². The summed E-state index contributed by atoms with van der Waals surface area (Å²) < 4.78 is 5.66. The highest BCUT2D eigenvalue weighted by molar-refractivity contribution is 5.94. The molecule has 0 bridgehead atoms. The van der Waals surface area contributed by atoms with E-state index in [0.29, 0.717) is 12.1 Å². The van der Waals surface area contributed by atoms with Gasteiger partial charge in [-0.3, -0.25) is 4.79 Å². The molecule has 1 unspecified atom stereocenters. The van der Waals surface area contributed by atoms with Crippen molar-refractivity contribution < 1.29 is 9.53 Å². The van der Waals surface area contributed by atoms with Gasteiger partial charge in [-0.25, -0.2) is 0 Å². The standard InChI is InChI=1S/C16H24N2O2/c1-2-9-18(14-7-5-6-13(17)11-14)16(19)12-15-8-3-4-10-20-15/h5-7,11,15H,2-4,8-10,12,17H2,1H3. The summed E-state index contributed by atoms with van der Waals surface area (Å²) in [5.41, 5.74) is 7.38. The molecule has 110 valence electrons. The van der Waals surface area contributed by atoms with Crippen LogP contribution in [0.2, 0.25) is 0 Å². The topological polar surface area (TPSA) is 55.6 Å². The zero-order valence-corrected chi connectivity index (χ0v) is 12.2. The number of hydrogen-bond donors (Lipinski definition) is 1. The van der Waals surface area contributed by atoms with Crippen molar-refractivity contribution in [1.29, 1.82) is 0 Å². The number of rotatable bonds is 5. The van der Waals surface area contributed by atoms with Crippen LogP contribution in [0.25, 0.3) is 0 Å². The Bertz CT molecular complexity index is 442. The minimum Gasteiger partial charge on any atom is -0.399 e. The molecule has 2 rings (SSSR count). The average molecular weight is 276 g/mol. The fraction of sp³-hybridized carbons (Fsp3) is 0.562. The Balaban J connectivity index is 2.05. The number of hydrogen-bond acceptors (Lipinski definition) is 3. The molecule has 20 heavy (non-hydrogen) atoms. The number of amides is 1. The van der Waals surface area contributed by atoms with E-state index < -0.39 is 0 Å². The maximum absolute atomic E-state index is 12.5. The van der Waals surface area contributed by atoms with Crippen molar-refractivity contribution in [1.82, 2.24) is 0 Å². The zero-order chi connectivity index (χ0) is 14.4. The van der Waals surface area contributed by atoms with E-state index in [0.717, 1.165) is 44.5 Å². The van der Waals surface area contributed by atoms with Gasteiger partial charge in [-0.05, 0) is 43.9 Å². The largest absolute Gasteiger partial charge is 0.399 e. The zero-order valence-electron chi connectivity index (χ0n) is 12.2. The van der Waals surface area contributed by atoms with Crippen molar-refractivity contribution in [3.8, 4) is 0 Å². The molecule has 0 aliphatic carbocycles. The Kier molecular flexibility index (Phi) is 5.41. The quantitative estimate of drug-likeness (QED) is 0.841. The Morgan fingerprint density at radius 3 is 2.95 bits per heavy atom. The molecule has 0 aromatic heterocycles. The molecular formula is C16H24N2O2. The molecule has 1 heterocycles. The van der Waals surface area contributed by atoms with E-state index in [4.69, 9.17) is 10.5 Å². The van der Waals surface area contributed by atoms with Crippen LogP contribution < -0.4 is 10.6 Å². The average Bonchev–Trinajstić information content (AvgIpc) is 2.45. The van der Waals surface area contributed by atoms with E-state index in [1.54, 1.807) is 0 Å². The van der Waals surface area contributed by atoms with Crippen LogP contribution in [0.3, 0.4) is 0 Å². The predicted molar refractivity (Wildman–Crippen MR) is 81.7 cm³/mol. The second-order valence-electron chi connectivity index (χ2n) is 5.33. The van der Waals surface area contributed by atoms with Crippen LogP contribution in [0.4, 0.5) is 11.4 Å². The van der Waals surface area contributed by atoms with Gasteiger partial charge in [0.05, 0.1) is 12.5 Å². The minimum atomic E-state index is 0.0802. The molecule has 1 aromatic rings. The predicted octanol–water partition coefficient (Wildman–Crippen LogP) is 2.97. The Labute approximate surface area is 120 Å². The highest BCUT2D eigenvalue weighted by Crippen LogP contribution is 2.22. The second-order valence-corrected chi connectivity index (χ2v) is 5.33. The van der Waals surface area contributed by atoms with Gasteiger partial charge in [0.1, 0.15) is 0 Å². The first-order valence-corrected chi connectivity index (χ1v) is 7.48. The summed E-state index contributed by atoms with van der Waals surface area (Å²) in [7, 11) is 0. The maximum atomic E-state index is 12.5. The van der Waals surface area contributed by atoms with E-state index in [-0.39, 0.29) is 12.0 Å². The normalized spacial score (nSPS) is 18.8. The first kappa shape index (κ1) is 14.9. The summed E-state index contributed by atoms with van der Waals surface area (Å²) in [6.07, 6.45) is 4.73. The number of nitrogens with two attached hydrogens (primary N) is 1. The summed E-state index contributed by atoms with van der Waals surface area (Å²) in [6, 6.07) is 7.51. The summed E-state index contributed by atoms with van der Waals surface area (Å²) in [5.74, 6) is 0.129. The minimum absolute atomic E-state index is 0.0802. The van der Waals surface area contributed by atoms with Crippen molar-refractivity contribution in [2.75, 3.05) is 23.8 Å². The Hall–Kier alpha value is -1.55. The van der Waals surface area contributed by atoms with Gasteiger partial charge in [-0.15, -0.1) is 0 Å². The van der Waals surface area contributed by atoms with Crippen LogP contribution in [0, 0.1) is 0 Å². The van der Waals surface area contributed by atoms with Crippen LogP contribution in [-0.4, -0.2) is 25.2 Å². The Morgan fingerprint density at radius 1 is 1.45 bits per heavy atom. The number of benzene rings is 1. The fourth-order valence-corrected chi connectivity index (χ4v) is 2.59. The Morgan fingerprint density at radius 2 is 2.30 bits per heavy atom. The number of ether oxygens (including phenoxy) is 1. The third-order valence-corrected chi connectivity index (χ3v) is 3.61. The molecule has 0 radical (unpaired) electrons. The van der Waals surface area contributed by atoms with Crippen molar-refractivity contribution in [3.63, 3.8) is 0 Å². The smallest absolute Gasteiger partial charge is 0.229 e. The van der Waals surface area contributed by atoms with E-state index in [9.17, 15) is 4.79 Å². The summed E-state index contributed by atoms with van der Waals surface area (Å²) in [4.78, 5) is 14.3. The van der Waals surface area contributed by atoms with E-state index in [1.807, 2.05) is 29.2 Å². The van der Waals surface area contributed by atoms with Gasteiger partial charge in [0, 0.05) is 24.5 Å². The first-order chi connectivity index (χ1) is 9.70. The van der Waals surface area contributed by atoms with Gasteiger partial charge in [-0.2, -0.15) is 0 Å². The number of nitrogens with zero attached hydrogens (tertiary/aromatic N) is 1. The van der Waals surface area contributed by atoms with E-state index in [2.05, 4.69) is 6.92 Å². The molecule has 0 spiro atoms. The van der Waals surface area contributed by atoms with E-state index >= 15 is 0 Å². The maximum Gasteiger partial charge on any atom is 0.229 e. The van der Waals surface area contributed by atoms with Gasteiger partial charge >= 0.3 is 0 Å². The molecule has 1 aromatic carbocycles. The number of carbonyl (C=O) groups excluding carboxylic acids is 1. The highest BCUT2D eigenvalue weighted by Gasteiger charge is 2.22. The lowest BCUT2D eigenvalue weighted by Gasteiger charge is -2.27. The van der Waals surface area contributed by atoms with Crippen LogP contribution in [-0.2, 0) is 9.53 Å². The van der Waals surface area contributed by atoms with Crippen LogP contribution in [0.5, 0.6) is 0 Å². The molecule has 0 saturated carbocycles. The number of nitrogen functional groups attached to an aromatic ring is 1. The summed E-state index contributed by atoms with van der Waals surface area (Å²) in [6.45, 7) is 3.57. The van der Waals surface area contributed by atoms with Crippen molar-refractivity contribution in [2.24, 2.45) is 0 Å². The third-order valence-electron chi connectivity index (χ3n) is 3.61. The molecule has 4 heteroatoms. The van der Waals surface area contributed by atoms with Crippen molar-refractivity contribution >= 4 is 17.3 Å². The number of anilines is 2. The first-order valence-electron chi connectivity index (χ1n) is 7.48. The lowest BCUT2D eigenvalue weighted by atomic mass is 10.1. The van der Waals surface area contributed by atoms with Gasteiger partial charge < -0.3 is 15.4 Å². The van der Waals surface area contributed by atoms with Crippen LogP contribution >= 0.6 is 0 Å². The van der Waals surface area contributed by atoms with Gasteiger partial charge in [0.25, 0.3) is 0 Å². The van der Waals surface area contributed by atoms with Gasteiger partial charge in [0.2, 0.25) is 5.91 Å². The molecule has 1 saturated heterocycles. The lowest BCUT2D eigenvalue weighted by Crippen LogP contribution is -2.35. The molecule has 1 fully saturated rings. The van der Waals surface area contributed by atoms with E-state index in [1.165, 1.54) is 0 Å². The van der Waals surface area contributed by atoms with Crippen LogP contribution in [0.1, 0.15) is 39.0 Å². The van der Waals surface area contributed by atoms with Crippen LogP contribution in [0.15, 0.2) is 24.3 Å². The summed E-state index contributed by atoms with van der Waals surface area (Å²) >= 11 is 0. The number of carbonyl (C=O) groups is 1. The molecule has 4 nitrogen and oxygen atoms in total.